The molecule has 0 saturated carbocycles. The third kappa shape index (κ3) is 6.81. The fraction of sp³-hybridized carbons (Fsp3) is 0.353. The van der Waals surface area contributed by atoms with Crippen LogP contribution in [-0.2, 0) is 23.1 Å². The van der Waals surface area contributed by atoms with Gasteiger partial charge in [-0.25, -0.2) is 8.42 Å². The number of nitrogens with zero attached hydrogens (tertiary/aromatic N) is 2. The number of hydrogen-bond donors (Lipinski definition) is 0. The van der Waals surface area contributed by atoms with Crippen LogP contribution < -0.4 is 9.47 Å². The Bertz CT molecular complexity index is 1690. The molecule has 0 atom stereocenters. The van der Waals surface area contributed by atoms with Gasteiger partial charge in [0.25, 0.3) is 0 Å². The van der Waals surface area contributed by atoms with Crippen molar-refractivity contribution in [1.29, 1.82) is 0 Å². The maximum atomic E-state index is 14.1. The highest BCUT2D eigenvalue weighted by Gasteiger charge is 2.33. The molecule has 0 amide bonds. The molecule has 4 aromatic carbocycles. The normalized spacial score (nSPS) is 16.2. The molecular weight excluding hydrogens is 603 g/mol. The molecule has 2 heterocycles. The van der Waals surface area contributed by atoms with E-state index in [0.29, 0.717) is 46.2 Å². The summed E-state index contributed by atoms with van der Waals surface area (Å²) in [5, 5.41) is 3.34. The number of benzene rings is 4. The molecule has 0 unspecified atom stereocenters. The first-order valence-corrected chi connectivity index (χ1v) is 17.2. The molecule has 9 heteroatoms. The van der Waals surface area contributed by atoms with E-state index in [1.54, 1.807) is 16.4 Å². The van der Waals surface area contributed by atoms with Gasteiger partial charge in [-0.2, -0.15) is 4.31 Å². The van der Waals surface area contributed by atoms with Crippen molar-refractivity contribution in [2.75, 3.05) is 39.4 Å². The number of hydrogen-bond acceptors (Lipinski definition) is 4. The number of unbranched alkanes of at least 4 members (excludes halogenated alkanes) is 1. The highest BCUT2D eigenvalue weighted by atomic mass is 35.5. The zero-order valence-electron chi connectivity index (χ0n) is 24.2. The van der Waals surface area contributed by atoms with Crippen molar-refractivity contribution >= 4 is 44.0 Å². The van der Waals surface area contributed by atoms with Crippen molar-refractivity contribution in [3.8, 4) is 11.5 Å². The second-order valence-electron chi connectivity index (χ2n) is 11.6. The lowest BCUT2D eigenvalue weighted by Crippen LogP contribution is -2.45. The lowest BCUT2D eigenvalue weighted by Gasteiger charge is -2.35. The number of sulfonamides is 1. The van der Waals surface area contributed by atoms with Crippen molar-refractivity contribution in [2.24, 2.45) is 0 Å². The Morgan fingerprint density at radius 1 is 0.767 bits per heavy atom. The summed E-state index contributed by atoms with van der Waals surface area (Å²) in [4.78, 5) is 0.306. The molecule has 6 nitrogen and oxygen atoms in total. The summed E-state index contributed by atoms with van der Waals surface area (Å²) >= 11 is 13.1. The van der Waals surface area contributed by atoms with Crippen LogP contribution >= 0.6 is 23.2 Å². The Morgan fingerprint density at radius 3 is 2.26 bits per heavy atom. The molecule has 0 aliphatic carbocycles. The monoisotopic (exact) mass is 639 g/mol. The molecule has 0 N–H and O–H groups in total. The summed E-state index contributed by atoms with van der Waals surface area (Å²) in [5.74, 6) is 1.35. The van der Waals surface area contributed by atoms with Crippen LogP contribution in [0, 0.1) is 0 Å². The average Bonchev–Trinajstić information content (AvgIpc) is 3.49. The molecule has 0 radical (unpaired) electrons. The number of quaternary nitrogens is 1. The van der Waals surface area contributed by atoms with E-state index in [4.69, 9.17) is 32.7 Å². The molecule has 2 aliphatic heterocycles. The minimum atomic E-state index is -3.77. The fourth-order valence-electron chi connectivity index (χ4n) is 6.37. The average molecular weight is 641 g/mol. The summed E-state index contributed by atoms with van der Waals surface area (Å²) in [6.07, 6.45) is 3.99. The quantitative estimate of drug-likeness (QED) is 0.125. The number of likely N-dealkylation sites (tertiary alicyclic amines) is 1. The van der Waals surface area contributed by atoms with E-state index in [9.17, 15) is 8.42 Å². The molecule has 0 bridgehead atoms. The largest absolute Gasteiger partial charge is 0.486 e. The maximum Gasteiger partial charge on any atom is 0.243 e. The Morgan fingerprint density at radius 2 is 1.49 bits per heavy atom. The van der Waals surface area contributed by atoms with Gasteiger partial charge in [0, 0.05) is 31.5 Å². The molecule has 0 aromatic heterocycles. The summed E-state index contributed by atoms with van der Waals surface area (Å²) in [7, 11) is -3.77. The van der Waals surface area contributed by atoms with Gasteiger partial charge >= 0.3 is 0 Å². The summed E-state index contributed by atoms with van der Waals surface area (Å²) in [6, 6.07) is 24.6. The molecule has 4 aromatic rings. The topological polar surface area (TPSA) is 55.8 Å². The van der Waals surface area contributed by atoms with Gasteiger partial charge in [-0.3, -0.25) is 0 Å². The Labute approximate surface area is 264 Å². The Hall–Kier alpha value is -2.81. The zero-order valence-corrected chi connectivity index (χ0v) is 26.5. The van der Waals surface area contributed by atoms with Gasteiger partial charge in [-0.15, -0.1) is 0 Å². The van der Waals surface area contributed by atoms with Crippen LogP contribution in [0.3, 0.4) is 0 Å². The first kappa shape index (κ1) is 30.2. The summed E-state index contributed by atoms with van der Waals surface area (Å²) in [6.45, 7) is 5.57. The lowest BCUT2D eigenvalue weighted by atomic mass is 10.1. The SMILES string of the molecule is O=S(=O)(c1ccc2ccccc2c1)N(CCCC[N+]1(Cc2c(Cl)cccc2Cl)CCCC1)Cc1ccc2c(c1)OCCO2. The van der Waals surface area contributed by atoms with Crippen LogP contribution in [-0.4, -0.2) is 56.6 Å². The van der Waals surface area contributed by atoms with Crippen molar-refractivity contribution in [1.82, 2.24) is 4.31 Å². The van der Waals surface area contributed by atoms with Gasteiger partial charge in [0.2, 0.25) is 10.0 Å². The number of fused-ring (bicyclic) bond motifs is 2. The van der Waals surface area contributed by atoms with Crippen LogP contribution in [0.5, 0.6) is 11.5 Å². The molecular formula is C34H37Cl2N2O4S+. The van der Waals surface area contributed by atoms with E-state index in [2.05, 4.69) is 0 Å². The van der Waals surface area contributed by atoms with Gasteiger partial charge in [0.05, 0.1) is 34.6 Å². The van der Waals surface area contributed by atoms with E-state index in [0.717, 1.165) is 65.4 Å². The van der Waals surface area contributed by atoms with Crippen LogP contribution in [0.4, 0.5) is 0 Å². The summed E-state index contributed by atoms with van der Waals surface area (Å²) in [5.41, 5.74) is 1.87. The van der Waals surface area contributed by atoms with Gasteiger partial charge in [0.1, 0.15) is 19.8 Å². The fourth-order valence-corrected chi connectivity index (χ4v) is 8.39. The second kappa shape index (κ2) is 13.0. The van der Waals surface area contributed by atoms with E-state index in [1.165, 1.54) is 12.8 Å². The predicted octanol–water partition coefficient (Wildman–Crippen LogP) is 7.70. The van der Waals surface area contributed by atoms with Crippen molar-refractivity contribution in [3.05, 3.63) is 100 Å². The molecule has 2 aliphatic rings. The molecule has 226 valence electrons. The number of rotatable bonds is 11. The van der Waals surface area contributed by atoms with E-state index in [1.807, 2.05) is 66.7 Å². The van der Waals surface area contributed by atoms with E-state index in [-0.39, 0.29) is 6.54 Å². The molecule has 1 fully saturated rings. The Kier molecular flexibility index (Phi) is 9.17. The van der Waals surface area contributed by atoms with Crippen LogP contribution in [0.2, 0.25) is 10.0 Å². The lowest BCUT2D eigenvalue weighted by molar-refractivity contribution is -0.929. The van der Waals surface area contributed by atoms with Crippen molar-refractivity contribution in [2.45, 2.75) is 43.7 Å². The van der Waals surface area contributed by atoms with Crippen molar-refractivity contribution < 1.29 is 22.4 Å². The van der Waals surface area contributed by atoms with Gasteiger partial charge < -0.3 is 14.0 Å². The maximum absolute atomic E-state index is 14.1. The minimum Gasteiger partial charge on any atom is -0.486 e. The van der Waals surface area contributed by atoms with Crippen LogP contribution in [0.1, 0.15) is 36.8 Å². The first-order valence-electron chi connectivity index (χ1n) is 15.0. The van der Waals surface area contributed by atoms with Crippen LogP contribution in [0.25, 0.3) is 10.8 Å². The number of ether oxygens (including phenoxy) is 2. The Balaban J connectivity index is 1.21. The van der Waals surface area contributed by atoms with E-state index >= 15 is 0 Å². The molecule has 43 heavy (non-hydrogen) atoms. The minimum absolute atomic E-state index is 0.251. The third-order valence-corrected chi connectivity index (χ3v) is 11.2. The predicted molar refractivity (Wildman–Crippen MR) is 172 cm³/mol. The molecule has 1 saturated heterocycles. The first-order chi connectivity index (χ1) is 20.8. The standard InChI is InChI=1S/C34H37Cl2N2O4S/c35-31-10-7-11-32(36)30(31)25-38(18-5-6-19-38)17-4-3-16-37(24-26-12-15-33-34(22-26)42-21-20-41-33)43(39,40)29-14-13-27-8-1-2-9-28(27)23-29/h1-2,7-15,22-23H,3-6,16-21,24-25H2/q+1. The van der Waals surface area contributed by atoms with Gasteiger partial charge in [-0.05, 0) is 65.6 Å². The highest BCUT2D eigenvalue weighted by molar-refractivity contribution is 7.89. The smallest absolute Gasteiger partial charge is 0.243 e. The zero-order chi connectivity index (χ0) is 29.9. The van der Waals surface area contributed by atoms with Gasteiger partial charge in [-0.1, -0.05) is 65.7 Å². The number of halogens is 2. The van der Waals surface area contributed by atoms with Crippen molar-refractivity contribution in [3.63, 3.8) is 0 Å². The highest BCUT2D eigenvalue weighted by Crippen LogP contribution is 2.34. The molecule has 0 spiro atoms. The van der Waals surface area contributed by atoms with Crippen LogP contribution in [0.15, 0.2) is 83.8 Å². The third-order valence-electron chi connectivity index (χ3n) is 8.68. The van der Waals surface area contributed by atoms with E-state index < -0.39 is 10.0 Å². The molecule has 6 rings (SSSR count). The van der Waals surface area contributed by atoms with Gasteiger partial charge in [0.15, 0.2) is 11.5 Å². The second-order valence-corrected chi connectivity index (χ2v) is 14.4. The summed E-state index contributed by atoms with van der Waals surface area (Å²) < 4.78 is 42.3.